The Labute approximate surface area is 189 Å². The van der Waals surface area contributed by atoms with E-state index >= 15 is 0 Å². The van der Waals surface area contributed by atoms with E-state index in [1.54, 1.807) is 6.92 Å². The highest BCUT2D eigenvalue weighted by atomic mass is 32.2. The molecular formula is C22H23F3N2O5S. The number of ether oxygens (including phenoxy) is 1. The smallest absolute Gasteiger partial charge is 0.416 e. The zero-order valence-electron chi connectivity index (χ0n) is 17.8. The first kappa shape index (κ1) is 24.7. The third-order valence-corrected chi connectivity index (χ3v) is 7.14. The van der Waals surface area contributed by atoms with E-state index < -0.39 is 27.7 Å². The molecule has 1 amide bonds. The van der Waals surface area contributed by atoms with Gasteiger partial charge in [0.2, 0.25) is 15.9 Å². The van der Waals surface area contributed by atoms with Crippen molar-refractivity contribution in [3.63, 3.8) is 0 Å². The first-order valence-corrected chi connectivity index (χ1v) is 11.7. The Morgan fingerprint density at radius 2 is 1.52 bits per heavy atom. The molecule has 2 aromatic carbocycles. The van der Waals surface area contributed by atoms with Gasteiger partial charge < -0.3 is 9.64 Å². The Morgan fingerprint density at radius 3 is 2.03 bits per heavy atom. The zero-order valence-corrected chi connectivity index (χ0v) is 18.7. The van der Waals surface area contributed by atoms with Crippen LogP contribution < -0.4 is 0 Å². The molecule has 0 bridgehead atoms. The van der Waals surface area contributed by atoms with Crippen LogP contribution in [0.25, 0.3) is 0 Å². The van der Waals surface area contributed by atoms with Gasteiger partial charge in [-0.15, -0.1) is 0 Å². The predicted molar refractivity (Wildman–Crippen MR) is 113 cm³/mol. The van der Waals surface area contributed by atoms with Crippen molar-refractivity contribution in [3.05, 3.63) is 65.2 Å². The van der Waals surface area contributed by atoms with Gasteiger partial charge in [-0.2, -0.15) is 17.5 Å². The summed E-state index contributed by atoms with van der Waals surface area (Å²) in [6.45, 7) is 2.38. The number of nitrogens with zero attached hydrogens (tertiary/aromatic N) is 2. The summed E-state index contributed by atoms with van der Waals surface area (Å²) < 4.78 is 69.9. The average molecular weight is 484 g/mol. The summed E-state index contributed by atoms with van der Waals surface area (Å²) in [7, 11) is -3.81. The first-order chi connectivity index (χ1) is 15.5. The van der Waals surface area contributed by atoms with Crippen molar-refractivity contribution >= 4 is 21.9 Å². The second-order valence-electron chi connectivity index (χ2n) is 7.40. The van der Waals surface area contributed by atoms with E-state index in [-0.39, 0.29) is 55.6 Å². The largest absolute Gasteiger partial charge is 0.462 e. The molecule has 11 heteroatoms. The number of amides is 1. The monoisotopic (exact) mass is 484 g/mol. The average Bonchev–Trinajstić information content (AvgIpc) is 2.79. The van der Waals surface area contributed by atoms with Gasteiger partial charge in [0.05, 0.1) is 29.1 Å². The number of halogens is 3. The minimum Gasteiger partial charge on any atom is -0.462 e. The van der Waals surface area contributed by atoms with E-state index in [0.29, 0.717) is 5.56 Å². The molecule has 0 unspecified atom stereocenters. The number of rotatable bonds is 6. The highest BCUT2D eigenvalue weighted by molar-refractivity contribution is 7.89. The lowest BCUT2D eigenvalue weighted by atomic mass is 10.1. The molecule has 0 aromatic heterocycles. The summed E-state index contributed by atoms with van der Waals surface area (Å²) in [5.41, 5.74) is -0.0907. The van der Waals surface area contributed by atoms with Gasteiger partial charge in [-0.1, -0.05) is 12.1 Å². The minimum absolute atomic E-state index is 0.0279. The van der Waals surface area contributed by atoms with Crippen molar-refractivity contribution in [3.8, 4) is 0 Å². The summed E-state index contributed by atoms with van der Waals surface area (Å²) in [5, 5.41) is 0. The number of esters is 1. The maximum atomic E-state index is 12.9. The SMILES string of the molecule is CCOC(=O)c1ccc(S(=O)(=O)N2CCN(C(=O)Cc3ccc(C(F)(F)F)cc3)CC2)cc1. The van der Waals surface area contributed by atoms with Gasteiger partial charge >= 0.3 is 12.1 Å². The second-order valence-corrected chi connectivity index (χ2v) is 9.34. The van der Waals surface area contributed by atoms with Crippen molar-refractivity contribution in [2.75, 3.05) is 32.8 Å². The Hall–Kier alpha value is -2.92. The summed E-state index contributed by atoms with van der Waals surface area (Å²) in [4.78, 5) is 25.8. The van der Waals surface area contributed by atoms with E-state index in [0.717, 1.165) is 12.1 Å². The van der Waals surface area contributed by atoms with Crippen LogP contribution in [0.1, 0.15) is 28.4 Å². The number of alkyl halides is 3. The van der Waals surface area contributed by atoms with Gasteiger partial charge in [0.1, 0.15) is 0 Å². The number of hydrogen-bond donors (Lipinski definition) is 0. The summed E-state index contributed by atoms with van der Waals surface area (Å²) >= 11 is 0. The fraction of sp³-hybridized carbons (Fsp3) is 0.364. The normalized spacial score (nSPS) is 15.3. The molecule has 1 aliphatic heterocycles. The van der Waals surface area contributed by atoms with Crippen LogP contribution in [0, 0.1) is 0 Å². The van der Waals surface area contributed by atoms with Crippen LogP contribution in [0.4, 0.5) is 13.2 Å². The Morgan fingerprint density at radius 1 is 0.939 bits per heavy atom. The number of hydrogen-bond acceptors (Lipinski definition) is 5. The Kier molecular flexibility index (Phi) is 7.43. The van der Waals surface area contributed by atoms with E-state index in [2.05, 4.69) is 0 Å². The van der Waals surface area contributed by atoms with Gasteiger partial charge in [0.25, 0.3) is 0 Å². The first-order valence-electron chi connectivity index (χ1n) is 10.2. The number of piperazine rings is 1. The lowest BCUT2D eigenvalue weighted by Gasteiger charge is -2.34. The third-order valence-electron chi connectivity index (χ3n) is 5.23. The van der Waals surface area contributed by atoms with E-state index in [4.69, 9.17) is 4.74 Å². The van der Waals surface area contributed by atoms with E-state index in [9.17, 15) is 31.2 Å². The molecule has 0 aliphatic carbocycles. The van der Waals surface area contributed by atoms with Gasteiger partial charge in [-0.3, -0.25) is 4.79 Å². The standard InChI is InChI=1S/C22H23F3N2O5S/c1-2-32-21(29)17-5-9-19(10-6-17)33(30,31)27-13-11-26(12-14-27)20(28)15-16-3-7-18(8-4-16)22(23,24)25/h3-10H,2,11-15H2,1H3. The highest BCUT2D eigenvalue weighted by Gasteiger charge is 2.31. The third kappa shape index (κ3) is 5.91. The maximum Gasteiger partial charge on any atom is 0.416 e. The molecule has 1 fully saturated rings. The van der Waals surface area contributed by atoms with Crippen LogP contribution >= 0.6 is 0 Å². The molecule has 0 saturated carbocycles. The van der Waals surface area contributed by atoms with Crippen LogP contribution in [0.2, 0.25) is 0 Å². The van der Waals surface area contributed by atoms with Crippen LogP contribution in [0.5, 0.6) is 0 Å². The second kappa shape index (κ2) is 9.92. The van der Waals surface area contributed by atoms with Crippen LogP contribution in [-0.2, 0) is 32.2 Å². The minimum atomic E-state index is -4.44. The summed E-state index contributed by atoms with van der Waals surface area (Å²) in [5.74, 6) is -0.827. The molecule has 33 heavy (non-hydrogen) atoms. The molecule has 1 heterocycles. The van der Waals surface area contributed by atoms with Crippen molar-refractivity contribution in [1.29, 1.82) is 0 Å². The molecule has 3 rings (SSSR count). The number of sulfonamides is 1. The quantitative estimate of drug-likeness (QED) is 0.589. The number of carbonyl (C=O) groups excluding carboxylic acids is 2. The molecule has 7 nitrogen and oxygen atoms in total. The van der Waals surface area contributed by atoms with Crippen molar-refractivity contribution in [1.82, 2.24) is 9.21 Å². The Bertz CT molecular complexity index is 1090. The van der Waals surface area contributed by atoms with Crippen molar-refractivity contribution in [2.45, 2.75) is 24.4 Å². The number of benzene rings is 2. The zero-order chi connectivity index (χ0) is 24.2. The van der Waals surface area contributed by atoms with Crippen LogP contribution in [0.15, 0.2) is 53.4 Å². The topological polar surface area (TPSA) is 84.0 Å². The lowest BCUT2D eigenvalue weighted by Crippen LogP contribution is -2.50. The fourth-order valence-corrected chi connectivity index (χ4v) is 4.82. The van der Waals surface area contributed by atoms with Gasteiger partial charge in [-0.25, -0.2) is 13.2 Å². The van der Waals surface area contributed by atoms with E-state index in [1.165, 1.54) is 45.6 Å². The molecule has 0 radical (unpaired) electrons. The molecule has 1 aliphatic rings. The molecular weight excluding hydrogens is 461 g/mol. The van der Waals surface area contributed by atoms with Gasteiger partial charge in [0.15, 0.2) is 0 Å². The molecule has 0 N–H and O–H groups in total. The molecule has 1 saturated heterocycles. The van der Waals surface area contributed by atoms with Crippen molar-refractivity contribution < 1.29 is 35.9 Å². The number of carbonyl (C=O) groups is 2. The molecule has 2 aromatic rings. The van der Waals surface area contributed by atoms with Crippen LogP contribution in [0.3, 0.4) is 0 Å². The van der Waals surface area contributed by atoms with E-state index in [1.807, 2.05) is 0 Å². The molecule has 0 atom stereocenters. The van der Waals surface area contributed by atoms with Crippen molar-refractivity contribution in [2.24, 2.45) is 0 Å². The molecule has 0 spiro atoms. The van der Waals surface area contributed by atoms with Crippen LogP contribution in [-0.4, -0.2) is 62.3 Å². The fourth-order valence-electron chi connectivity index (χ4n) is 3.40. The molecule has 178 valence electrons. The Balaban J connectivity index is 1.58. The maximum absolute atomic E-state index is 12.9. The van der Waals surface area contributed by atoms with Gasteiger partial charge in [0, 0.05) is 26.2 Å². The van der Waals surface area contributed by atoms with Gasteiger partial charge in [-0.05, 0) is 48.9 Å². The predicted octanol–water partition coefficient (Wildman–Crippen LogP) is 2.96. The highest BCUT2D eigenvalue weighted by Crippen LogP contribution is 2.29. The summed E-state index contributed by atoms with van der Waals surface area (Å²) in [6, 6.07) is 9.83. The summed E-state index contributed by atoms with van der Waals surface area (Å²) in [6.07, 6.45) is -4.51. The lowest BCUT2D eigenvalue weighted by molar-refractivity contribution is -0.137.